The van der Waals surface area contributed by atoms with Gasteiger partial charge in [0, 0.05) is 29.9 Å². The molecule has 3 rings (SSSR count). The first-order valence-electron chi connectivity index (χ1n) is 7.02. The van der Waals surface area contributed by atoms with Crippen molar-refractivity contribution in [2.45, 2.75) is 20.3 Å². The summed E-state index contributed by atoms with van der Waals surface area (Å²) in [5.74, 6) is 0. The van der Waals surface area contributed by atoms with Crippen molar-refractivity contribution in [1.29, 1.82) is 0 Å². The van der Waals surface area contributed by atoms with Gasteiger partial charge in [0.25, 0.3) is 0 Å². The molecule has 21 heavy (non-hydrogen) atoms. The van der Waals surface area contributed by atoms with E-state index in [0.717, 1.165) is 40.2 Å². The molecule has 3 nitrogen and oxygen atoms in total. The van der Waals surface area contributed by atoms with Crippen molar-refractivity contribution >= 4 is 11.3 Å². The quantitative estimate of drug-likeness (QED) is 0.823. The van der Waals surface area contributed by atoms with Gasteiger partial charge in [0.2, 0.25) is 0 Å². The summed E-state index contributed by atoms with van der Waals surface area (Å²) in [6, 6.07) is 8.18. The van der Waals surface area contributed by atoms with Gasteiger partial charge < -0.3 is 0 Å². The van der Waals surface area contributed by atoms with Crippen molar-refractivity contribution in [2.24, 2.45) is 4.99 Å². The summed E-state index contributed by atoms with van der Waals surface area (Å²) in [6.07, 6.45) is 10.7. The average molecular weight is 275 g/mol. The molecule has 0 saturated carbocycles. The molecular formula is C18H17N3. The highest BCUT2D eigenvalue weighted by molar-refractivity contribution is 5.94. The second-order valence-electron chi connectivity index (χ2n) is 5.18. The highest BCUT2D eigenvalue weighted by Gasteiger charge is 2.05. The van der Waals surface area contributed by atoms with E-state index in [1.165, 1.54) is 0 Å². The van der Waals surface area contributed by atoms with E-state index in [9.17, 15) is 0 Å². The van der Waals surface area contributed by atoms with Crippen LogP contribution in [-0.4, -0.2) is 15.7 Å². The lowest BCUT2D eigenvalue weighted by Gasteiger charge is -2.05. The summed E-state index contributed by atoms with van der Waals surface area (Å²) in [6.45, 7) is 4.03. The highest BCUT2D eigenvalue weighted by Crippen LogP contribution is 2.22. The Morgan fingerprint density at radius 2 is 1.71 bits per heavy atom. The molecule has 104 valence electrons. The molecule has 2 aromatic heterocycles. The fourth-order valence-corrected chi connectivity index (χ4v) is 2.18. The summed E-state index contributed by atoms with van der Waals surface area (Å²) in [5.41, 5.74) is 6.25. The van der Waals surface area contributed by atoms with Crippen LogP contribution in [-0.2, 0) is 0 Å². The Labute approximate surface area is 124 Å². The van der Waals surface area contributed by atoms with Gasteiger partial charge in [-0.15, -0.1) is 0 Å². The summed E-state index contributed by atoms with van der Waals surface area (Å²) >= 11 is 0. The van der Waals surface area contributed by atoms with Gasteiger partial charge in [-0.05, 0) is 55.7 Å². The molecule has 0 aliphatic carbocycles. The van der Waals surface area contributed by atoms with Crippen molar-refractivity contribution in [3.05, 3.63) is 66.3 Å². The van der Waals surface area contributed by atoms with Gasteiger partial charge >= 0.3 is 0 Å². The zero-order valence-electron chi connectivity index (χ0n) is 12.2. The first kappa shape index (κ1) is 13.4. The first-order valence-corrected chi connectivity index (χ1v) is 7.02. The van der Waals surface area contributed by atoms with Crippen molar-refractivity contribution in [3.63, 3.8) is 0 Å². The Kier molecular flexibility index (Phi) is 3.73. The minimum Gasteiger partial charge on any atom is -0.261 e. The Morgan fingerprint density at radius 1 is 0.905 bits per heavy atom. The smallest absolute Gasteiger partial charge is 0.0717 e. The van der Waals surface area contributed by atoms with E-state index in [0.29, 0.717) is 0 Å². The third kappa shape index (κ3) is 3.14. The summed E-state index contributed by atoms with van der Waals surface area (Å²) in [4.78, 5) is 13.4. The van der Waals surface area contributed by atoms with E-state index >= 15 is 0 Å². The van der Waals surface area contributed by atoms with Gasteiger partial charge in [0.15, 0.2) is 0 Å². The third-order valence-corrected chi connectivity index (χ3v) is 3.42. The van der Waals surface area contributed by atoms with Crippen LogP contribution in [0.3, 0.4) is 0 Å². The molecule has 0 spiro atoms. The number of aryl methyl sites for hydroxylation is 1. The van der Waals surface area contributed by atoms with E-state index < -0.39 is 0 Å². The number of aliphatic imine (C=N–C) groups is 1. The molecule has 3 heteroatoms. The molecule has 0 radical (unpaired) electrons. The predicted octanol–water partition coefficient (Wildman–Crippen LogP) is 4.21. The van der Waals surface area contributed by atoms with Crippen LogP contribution < -0.4 is 0 Å². The van der Waals surface area contributed by atoms with Crippen LogP contribution in [0.15, 0.2) is 60.0 Å². The van der Waals surface area contributed by atoms with Crippen LogP contribution in [0, 0.1) is 6.92 Å². The molecule has 0 amide bonds. The summed E-state index contributed by atoms with van der Waals surface area (Å²) < 4.78 is 0. The van der Waals surface area contributed by atoms with Crippen LogP contribution in [0.2, 0.25) is 0 Å². The number of pyridine rings is 2. The van der Waals surface area contributed by atoms with Gasteiger partial charge in [-0.1, -0.05) is 12.1 Å². The maximum Gasteiger partial charge on any atom is 0.0717 e. The van der Waals surface area contributed by atoms with E-state index in [4.69, 9.17) is 0 Å². The van der Waals surface area contributed by atoms with Crippen LogP contribution in [0.25, 0.3) is 16.8 Å². The fourth-order valence-electron chi connectivity index (χ4n) is 2.18. The fraction of sp³-hybridized carbons (Fsp3) is 0.167. The molecule has 3 heterocycles. The molecular weight excluding hydrogens is 258 g/mol. The first-order chi connectivity index (χ1) is 10.2. The Morgan fingerprint density at radius 3 is 2.43 bits per heavy atom. The molecule has 2 aromatic rings. The van der Waals surface area contributed by atoms with E-state index in [2.05, 4.69) is 33.2 Å². The van der Waals surface area contributed by atoms with Crippen molar-refractivity contribution in [2.75, 3.05) is 0 Å². The van der Waals surface area contributed by atoms with Gasteiger partial charge in [-0.25, -0.2) is 0 Å². The predicted molar refractivity (Wildman–Crippen MR) is 87.0 cm³/mol. The number of hydrogen-bond donors (Lipinski definition) is 0. The van der Waals surface area contributed by atoms with E-state index in [-0.39, 0.29) is 0 Å². The minimum atomic E-state index is 0.857. The molecule has 0 N–H and O–H groups in total. The molecule has 0 fully saturated rings. The number of aromatic nitrogens is 2. The van der Waals surface area contributed by atoms with Crippen molar-refractivity contribution in [1.82, 2.24) is 9.97 Å². The molecule has 1 aliphatic rings. The lowest BCUT2D eigenvalue weighted by Crippen LogP contribution is -1.90. The average Bonchev–Trinajstić information content (AvgIpc) is 2.73. The molecule has 1 aliphatic heterocycles. The SMILES string of the molecule is CC1=NC=C(c2ccc(-c3ccc(C)cn3)cn2)CC=C1. The maximum atomic E-state index is 4.56. The number of nitrogens with zero attached hydrogens (tertiary/aromatic N) is 3. The van der Waals surface area contributed by atoms with Crippen molar-refractivity contribution < 1.29 is 0 Å². The van der Waals surface area contributed by atoms with E-state index in [1.54, 1.807) is 0 Å². The lowest BCUT2D eigenvalue weighted by atomic mass is 10.1. The van der Waals surface area contributed by atoms with Crippen LogP contribution in [0.5, 0.6) is 0 Å². The zero-order chi connectivity index (χ0) is 14.7. The highest BCUT2D eigenvalue weighted by atomic mass is 14.7. The van der Waals surface area contributed by atoms with Gasteiger partial charge in [0.1, 0.15) is 0 Å². The zero-order valence-corrected chi connectivity index (χ0v) is 12.2. The monoisotopic (exact) mass is 275 g/mol. The normalized spacial score (nSPS) is 14.4. The molecule has 0 atom stereocenters. The van der Waals surface area contributed by atoms with Crippen LogP contribution >= 0.6 is 0 Å². The van der Waals surface area contributed by atoms with Crippen LogP contribution in [0.1, 0.15) is 24.6 Å². The molecule has 0 bridgehead atoms. The molecule has 0 unspecified atom stereocenters. The third-order valence-electron chi connectivity index (χ3n) is 3.42. The minimum absolute atomic E-state index is 0.857. The number of rotatable bonds is 2. The van der Waals surface area contributed by atoms with Gasteiger partial charge in [-0.3, -0.25) is 15.0 Å². The maximum absolute atomic E-state index is 4.56. The largest absolute Gasteiger partial charge is 0.261 e. The van der Waals surface area contributed by atoms with Gasteiger partial charge in [-0.2, -0.15) is 0 Å². The number of hydrogen-bond acceptors (Lipinski definition) is 3. The van der Waals surface area contributed by atoms with Crippen LogP contribution in [0.4, 0.5) is 0 Å². The summed E-state index contributed by atoms with van der Waals surface area (Å²) in [7, 11) is 0. The Hall–Kier alpha value is -2.55. The topological polar surface area (TPSA) is 38.1 Å². The Balaban J connectivity index is 1.87. The van der Waals surface area contributed by atoms with Gasteiger partial charge in [0.05, 0.1) is 11.4 Å². The molecule has 0 aromatic carbocycles. The van der Waals surface area contributed by atoms with Crippen molar-refractivity contribution in [3.8, 4) is 11.3 Å². The second-order valence-corrected chi connectivity index (χ2v) is 5.18. The lowest BCUT2D eigenvalue weighted by molar-refractivity contribution is 1.21. The Bertz CT molecular complexity index is 720. The molecule has 0 saturated heterocycles. The van der Waals surface area contributed by atoms with E-state index in [1.807, 2.05) is 50.6 Å². The number of allylic oxidation sites excluding steroid dienone is 3. The summed E-state index contributed by atoms with van der Waals surface area (Å²) in [5, 5.41) is 0. The standard InChI is InChI=1S/C18H17N3/c1-13-6-8-17(20-10-13)16-7-9-18(21-12-16)15-5-3-4-14(2)19-11-15/h3-4,6-12H,5H2,1-2H3. The second kappa shape index (κ2) is 5.83.